The lowest BCUT2D eigenvalue weighted by Crippen LogP contribution is -2.50. The van der Waals surface area contributed by atoms with Gasteiger partial charge in [-0.1, -0.05) is 42.0 Å². The van der Waals surface area contributed by atoms with Gasteiger partial charge >= 0.3 is 0 Å². The predicted octanol–water partition coefficient (Wildman–Crippen LogP) is 2.08. The first-order valence-corrected chi connectivity index (χ1v) is 7.91. The fourth-order valence-corrected chi connectivity index (χ4v) is 2.74. The number of ether oxygens (including phenoxy) is 1. The number of benzene rings is 2. The Morgan fingerprint density at radius 2 is 1.88 bits per heavy atom. The van der Waals surface area contributed by atoms with Gasteiger partial charge in [0, 0.05) is 7.05 Å². The molecule has 1 aliphatic rings. The van der Waals surface area contributed by atoms with Gasteiger partial charge in [-0.05, 0) is 24.6 Å². The van der Waals surface area contributed by atoms with E-state index < -0.39 is 6.10 Å². The third-order valence-electron chi connectivity index (χ3n) is 4.09. The molecule has 5 nitrogen and oxygen atoms in total. The van der Waals surface area contributed by atoms with E-state index in [1.54, 1.807) is 18.0 Å². The molecule has 0 unspecified atom stereocenters. The maximum atomic E-state index is 12.8. The van der Waals surface area contributed by atoms with Gasteiger partial charge in [-0.3, -0.25) is 9.59 Å². The van der Waals surface area contributed by atoms with E-state index in [0.717, 1.165) is 11.1 Å². The van der Waals surface area contributed by atoms with Gasteiger partial charge in [-0.15, -0.1) is 0 Å². The minimum atomic E-state index is -0.702. The lowest BCUT2D eigenvalue weighted by molar-refractivity contribution is -0.127. The van der Waals surface area contributed by atoms with Crippen LogP contribution in [0.5, 0.6) is 5.75 Å². The highest BCUT2D eigenvalue weighted by atomic mass is 16.5. The van der Waals surface area contributed by atoms with Crippen LogP contribution in [0.25, 0.3) is 0 Å². The molecule has 1 atom stereocenters. The molecule has 0 fully saturated rings. The monoisotopic (exact) mass is 324 g/mol. The molecule has 2 aromatic rings. The number of para-hydroxylation sites is 2. The SMILES string of the molecule is CNC(=O)[C@H]1CN(C(=O)Cc2ccc(C)cc2)c2ccccc2O1. The zero-order valence-electron chi connectivity index (χ0n) is 13.8. The van der Waals surface area contributed by atoms with Crippen molar-refractivity contribution < 1.29 is 14.3 Å². The fourth-order valence-electron chi connectivity index (χ4n) is 2.74. The summed E-state index contributed by atoms with van der Waals surface area (Å²) in [7, 11) is 1.56. The number of rotatable bonds is 3. The zero-order chi connectivity index (χ0) is 17.1. The van der Waals surface area contributed by atoms with Crippen LogP contribution in [0, 0.1) is 6.92 Å². The molecular weight excluding hydrogens is 304 g/mol. The number of hydrogen-bond donors (Lipinski definition) is 1. The van der Waals surface area contributed by atoms with Crippen LogP contribution in [0.1, 0.15) is 11.1 Å². The molecule has 5 heteroatoms. The van der Waals surface area contributed by atoms with Crippen molar-refractivity contribution in [2.24, 2.45) is 0 Å². The average Bonchev–Trinajstić information content (AvgIpc) is 2.62. The van der Waals surface area contributed by atoms with Crippen molar-refractivity contribution in [2.45, 2.75) is 19.4 Å². The second kappa shape index (κ2) is 6.74. The van der Waals surface area contributed by atoms with Crippen LogP contribution in [0.4, 0.5) is 5.69 Å². The molecule has 1 heterocycles. The predicted molar refractivity (Wildman–Crippen MR) is 92.2 cm³/mol. The van der Waals surface area contributed by atoms with Crippen molar-refractivity contribution in [1.29, 1.82) is 0 Å². The van der Waals surface area contributed by atoms with Crippen LogP contribution in [0.3, 0.4) is 0 Å². The summed E-state index contributed by atoms with van der Waals surface area (Å²) in [5.74, 6) is 0.260. The molecule has 0 spiro atoms. The zero-order valence-corrected chi connectivity index (χ0v) is 13.8. The van der Waals surface area contributed by atoms with Gasteiger partial charge < -0.3 is 15.0 Å². The van der Waals surface area contributed by atoms with E-state index in [4.69, 9.17) is 4.74 Å². The quantitative estimate of drug-likeness (QED) is 0.940. The molecule has 24 heavy (non-hydrogen) atoms. The molecule has 3 rings (SSSR count). The average molecular weight is 324 g/mol. The van der Waals surface area contributed by atoms with E-state index in [1.165, 1.54) is 0 Å². The van der Waals surface area contributed by atoms with Crippen molar-refractivity contribution in [1.82, 2.24) is 5.32 Å². The van der Waals surface area contributed by atoms with Gasteiger partial charge in [0.25, 0.3) is 5.91 Å². The third-order valence-corrected chi connectivity index (χ3v) is 4.09. The topological polar surface area (TPSA) is 58.6 Å². The van der Waals surface area contributed by atoms with E-state index >= 15 is 0 Å². The third kappa shape index (κ3) is 3.25. The second-order valence-electron chi connectivity index (χ2n) is 5.86. The molecular formula is C19H20N2O3. The molecule has 0 aromatic heterocycles. The highest BCUT2D eigenvalue weighted by molar-refractivity contribution is 5.98. The Balaban J connectivity index is 1.85. The Morgan fingerprint density at radius 3 is 2.58 bits per heavy atom. The summed E-state index contributed by atoms with van der Waals surface area (Å²) in [6.45, 7) is 2.22. The summed E-state index contributed by atoms with van der Waals surface area (Å²) in [6.07, 6.45) is -0.415. The minimum absolute atomic E-state index is 0.0523. The molecule has 0 saturated heterocycles. The van der Waals surface area contributed by atoms with E-state index in [0.29, 0.717) is 11.4 Å². The van der Waals surface area contributed by atoms with E-state index in [9.17, 15) is 9.59 Å². The number of anilines is 1. The smallest absolute Gasteiger partial charge is 0.262 e. The Bertz CT molecular complexity index is 755. The van der Waals surface area contributed by atoms with Gasteiger partial charge in [-0.2, -0.15) is 0 Å². The maximum Gasteiger partial charge on any atom is 0.262 e. The summed E-state index contributed by atoms with van der Waals surface area (Å²) >= 11 is 0. The van der Waals surface area contributed by atoms with Crippen molar-refractivity contribution >= 4 is 17.5 Å². The first kappa shape index (κ1) is 16.1. The second-order valence-corrected chi connectivity index (χ2v) is 5.86. The van der Waals surface area contributed by atoms with Crippen molar-refractivity contribution in [3.05, 3.63) is 59.7 Å². The molecule has 2 aromatic carbocycles. The molecule has 1 aliphatic heterocycles. The fraction of sp³-hybridized carbons (Fsp3) is 0.263. The number of hydrogen-bond acceptors (Lipinski definition) is 3. The molecule has 2 amide bonds. The summed E-state index contributed by atoms with van der Waals surface area (Å²) in [5.41, 5.74) is 2.81. The highest BCUT2D eigenvalue weighted by Crippen LogP contribution is 2.33. The maximum absolute atomic E-state index is 12.8. The lowest BCUT2D eigenvalue weighted by Gasteiger charge is -2.34. The van der Waals surface area contributed by atoms with Crippen molar-refractivity contribution in [2.75, 3.05) is 18.5 Å². The van der Waals surface area contributed by atoms with Crippen LogP contribution < -0.4 is 15.0 Å². The highest BCUT2D eigenvalue weighted by Gasteiger charge is 2.33. The Kier molecular flexibility index (Phi) is 4.51. The van der Waals surface area contributed by atoms with E-state index in [1.807, 2.05) is 49.4 Å². The standard InChI is InChI=1S/C19H20N2O3/c1-13-7-9-14(10-8-13)11-18(22)21-12-17(19(23)20-2)24-16-6-4-3-5-15(16)21/h3-10,17H,11-12H2,1-2H3,(H,20,23)/t17-/m1/s1. The lowest BCUT2D eigenvalue weighted by atomic mass is 10.1. The molecule has 1 N–H and O–H groups in total. The normalized spacial score (nSPS) is 16.1. The van der Waals surface area contributed by atoms with Gasteiger partial charge in [0.05, 0.1) is 18.7 Å². The summed E-state index contributed by atoms with van der Waals surface area (Å²) < 4.78 is 5.73. The number of amides is 2. The van der Waals surface area contributed by atoms with Crippen LogP contribution in [-0.2, 0) is 16.0 Å². The summed E-state index contributed by atoms with van der Waals surface area (Å²) in [4.78, 5) is 26.4. The van der Waals surface area contributed by atoms with Crippen LogP contribution in [0.2, 0.25) is 0 Å². The van der Waals surface area contributed by atoms with E-state index in [-0.39, 0.29) is 24.8 Å². The number of carbonyl (C=O) groups excluding carboxylic acids is 2. The minimum Gasteiger partial charge on any atom is -0.477 e. The Labute approximate surface area is 141 Å². The largest absolute Gasteiger partial charge is 0.477 e. The number of fused-ring (bicyclic) bond motifs is 1. The van der Waals surface area contributed by atoms with Gasteiger partial charge in [0.2, 0.25) is 5.91 Å². The number of nitrogens with one attached hydrogen (secondary N) is 1. The molecule has 0 radical (unpaired) electrons. The van der Waals surface area contributed by atoms with E-state index in [2.05, 4.69) is 5.32 Å². The van der Waals surface area contributed by atoms with Crippen LogP contribution in [0.15, 0.2) is 48.5 Å². The van der Waals surface area contributed by atoms with Crippen molar-refractivity contribution in [3.63, 3.8) is 0 Å². The van der Waals surface area contributed by atoms with Gasteiger partial charge in [0.15, 0.2) is 6.10 Å². The van der Waals surface area contributed by atoms with Gasteiger partial charge in [-0.25, -0.2) is 0 Å². The molecule has 0 aliphatic carbocycles. The van der Waals surface area contributed by atoms with Crippen LogP contribution >= 0.6 is 0 Å². The van der Waals surface area contributed by atoms with Gasteiger partial charge in [0.1, 0.15) is 5.75 Å². The summed E-state index contributed by atoms with van der Waals surface area (Å²) in [6, 6.07) is 15.2. The summed E-state index contributed by atoms with van der Waals surface area (Å²) in [5, 5.41) is 2.58. The van der Waals surface area contributed by atoms with Crippen LogP contribution in [-0.4, -0.2) is 31.5 Å². The number of nitrogens with zero attached hydrogens (tertiary/aromatic N) is 1. The first-order valence-electron chi connectivity index (χ1n) is 7.91. The molecule has 0 saturated carbocycles. The number of aryl methyl sites for hydroxylation is 1. The molecule has 0 bridgehead atoms. The van der Waals surface area contributed by atoms with Crippen molar-refractivity contribution in [3.8, 4) is 5.75 Å². The number of carbonyl (C=O) groups is 2. The molecule has 124 valence electrons. The Morgan fingerprint density at radius 1 is 1.17 bits per heavy atom. The first-order chi connectivity index (χ1) is 11.6. The number of likely N-dealkylation sites (N-methyl/N-ethyl adjacent to an activating group) is 1. The Hall–Kier alpha value is -2.82.